The molecule has 1 heterocycles. The van der Waals surface area contributed by atoms with Crippen LogP contribution in [0.1, 0.15) is 37.2 Å². The minimum Gasteiger partial charge on any atom is -0.356 e. The molecule has 0 radical (unpaired) electrons. The molecule has 4 heteroatoms. The van der Waals surface area contributed by atoms with Crippen LogP contribution in [0.4, 0.5) is 0 Å². The Hall–Kier alpha value is -0.960. The number of carbonyl (C=O) groups is 1. The maximum atomic E-state index is 12.0. The van der Waals surface area contributed by atoms with Gasteiger partial charge in [0.2, 0.25) is 0 Å². The van der Waals surface area contributed by atoms with Crippen LogP contribution < -0.4 is 0 Å². The highest BCUT2D eigenvalue weighted by Gasteiger charge is 2.15. The molecule has 1 N–H and O–H groups in total. The quantitative estimate of drug-likeness (QED) is 0.827. The van der Waals surface area contributed by atoms with Crippen LogP contribution in [0.25, 0.3) is 0 Å². The molecular formula is C11H17ClN2O. The standard InChI is InChI=1S/C11H17ClN2O/c1-3-5-14(6-4-2)11(15)10-7-9(12)8-13-10/h7-8,13H,3-6H2,1-2H3. The smallest absolute Gasteiger partial charge is 0.270 e. The van der Waals surface area contributed by atoms with Crippen LogP contribution in [0.3, 0.4) is 0 Å². The van der Waals surface area contributed by atoms with E-state index in [-0.39, 0.29) is 5.91 Å². The molecule has 1 aromatic rings. The van der Waals surface area contributed by atoms with Crippen molar-refractivity contribution >= 4 is 17.5 Å². The van der Waals surface area contributed by atoms with Gasteiger partial charge in [-0.3, -0.25) is 4.79 Å². The van der Waals surface area contributed by atoms with E-state index in [1.54, 1.807) is 12.3 Å². The topological polar surface area (TPSA) is 36.1 Å². The highest BCUT2D eigenvalue weighted by atomic mass is 35.5. The molecule has 0 bridgehead atoms. The largest absolute Gasteiger partial charge is 0.356 e. The highest BCUT2D eigenvalue weighted by Crippen LogP contribution is 2.12. The van der Waals surface area contributed by atoms with E-state index in [0.29, 0.717) is 10.7 Å². The second-order valence-corrected chi connectivity index (χ2v) is 3.96. The summed E-state index contributed by atoms with van der Waals surface area (Å²) >= 11 is 5.76. The van der Waals surface area contributed by atoms with Crippen molar-refractivity contribution in [2.75, 3.05) is 13.1 Å². The zero-order valence-corrected chi connectivity index (χ0v) is 9.97. The van der Waals surface area contributed by atoms with E-state index >= 15 is 0 Å². The number of aromatic nitrogens is 1. The van der Waals surface area contributed by atoms with E-state index in [9.17, 15) is 4.79 Å². The minimum atomic E-state index is 0.0330. The Bertz CT molecular complexity index is 316. The fourth-order valence-electron chi connectivity index (χ4n) is 1.52. The summed E-state index contributed by atoms with van der Waals surface area (Å²) in [6, 6.07) is 1.67. The van der Waals surface area contributed by atoms with Gasteiger partial charge in [0.05, 0.1) is 5.02 Å². The van der Waals surface area contributed by atoms with E-state index in [4.69, 9.17) is 11.6 Å². The van der Waals surface area contributed by atoms with Crippen LogP contribution >= 0.6 is 11.6 Å². The van der Waals surface area contributed by atoms with Crippen LogP contribution in [0.5, 0.6) is 0 Å². The Morgan fingerprint density at radius 2 is 2.00 bits per heavy atom. The Balaban J connectivity index is 2.71. The number of aromatic amines is 1. The SMILES string of the molecule is CCCN(CCC)C(=O)c1cc(Cl)c[nH]1. The zero-order chi connectivity index (χ0) is 11.3. The number of hydrogen-bond acceptors (Lipinski definition) is 1. The van der Waals surface area contributed by atoms with E-state index in [1.165, 1.54) is 0 Å². The number of nitrogens with one attached hydrogen (secondary N) is 1. The average molecular weight is 229 g/mol. The van der Waals surface area contributed by atoms with Gasteiger partial charge in [-0.2, -0.15) is 0 Å². The summed E-state index contributed by atoms with van der Waals surface area (Å²) in [6.07, 6.45) is 3.57. The average Bonchev–Trinajstić information content (AvgIpc) is 2.63. The number of amides is 1. The summed E-state index contributed by atoms with van der Waals surface area (Å²) in [4.78, 5) is 16.7. The van der Waals surface area contributed by atoms with Gasteiger partial charge in [-0.05, 0) is 18.9 Å². The molecule has 15 heavy (non-hydrogen) atoms. The Labute approximate surface area is 95.4 Å². The lowest BCUT2D eigenvalue weighted by molar-refractivity contribution is 0.0750. The fourth-order valence-corrected chi connectivity index (χ4v) is 1.68. The van der Waals surface area contributed by atoms with E-state index in [1.807, 2.05) is 4.90 Å². The molecule has 1 amide bonds. The highest BCUT2D eigenvalue weighted by molar-refractivity contribution is 6.30. The number of H-pyrrole nitrogens is 1. The number of rotatable bonds is 5. The number of carbonyl (C=O) groups excluding carboxylic acids is 1. The van der Waals surface area contributed by atoms with Gasteiger partial charge in [0.25, 0.3) is 5.91 Å². The second kappa shape index (κ2) is 5.81. The Morgan fingerprint density at radius 1 is 1.40 bits per heavy atom. The molecule has 0 saturated heterocycles. The van der Waals surface area contributed by atoms with E-state index in [0.717, 1.165) is 25.9 Å². The molecule has 0 aliphatic rings. The molecule has 0 aromatic carbocycles. The zero-order valence-electron chi connectivity index (χ0n) is 9.22. The van der Waals surface area contributed by atoms with Crippen molar-refractivity contribution in [3.8, 4) is 0 Å². The van der Waals surface area contributed by atoms with Crippen molar-refractivity contribution in [3.05, 3.63) is 23.0 Å². The van der Waals surface area contributed by atoms with Crippen LogP contribution in [0.15, 0.2) is 12.3 Å². The summed E-state index contributed by atoms with van der Waals surface area (Å²) in [5.41, 5.74) is 0.571. The maximum absolute atomic E-state index is 12.0. The molecule has 84 valence electrons. The van der Waals surface area contributed by atoms with Crippen molar-refractivity contribution in [2.45, 2.75) is 26.7 Å². The minimum absolute atomic E-state index is 0.0330. The number of nitrogens with zero attached hydrogens (tertiary/aromatic N) is 1. The van der Waals surface area contributed by atoms with E-state index in [2.05, 4.69) is 18.8 Å². The molecule has 3 nitrogen and oxygen atoms in total. The van der Waals surface area contributed by atoms with Gasteiger partial charge in [0.1, 0.15) is 5.69 Å². The molecule has 0 unspecified atom stereocenters. The first-order chi connectivity index (χ1) is 7.19. The number of halogens is 1. The molecule has 1 rings (SSSR count). The van der Waals surface area contributed by atoms with Crippen molar-refractivity contribution in [2.24, 2.45) is 0 Å². The lowest BCUT2D eigenvalue weighted by atomic mass is 10.3. The maximum Gasteiger partial charge on any atom is 0.270 e. The van der Waals surface area contributed by atoms with Crippen LogP contribution in [-0.2, 0) is 0 Å². The lowest BCUT2D eigenvalue weighted by Crippen LogP contribution is -2.32. The molecule has 1 aromatic heterocycles. The van der Waals surface area contributed by atoms with Crippen molar-refractivity contribution < 1.29 is 4.79 Å². The first-order valence-corrected chi connectivity index (χ1v) is 5.70. The molecule has 0 saturated carbocycles. The molecule has 0 aliphatic heterocycles. The third-order valence-corrected chi connectivity index (χ3v) is 2.37. The van der Waals surface area contributed by atoms with Crippen LogP contribution in [0.2, 0.25) is 5.02 Å². The molecule has 0 fully saturated rings. The predicted molar refractivity (Wildman–Crippen MR) is 62.3 cm³/mol. The van der Waals surface area contributed by atoms with Gasteiger partial charge >= 0.3 is 0 Å². The van der Waals surface area contributed by atoms with E-state index < -0.39 is 0 Å². The summed E-state index contributed by atoms with van der Waals surface area (Å²) in [7, 11) is 0. The predicted octanol–water partition coefficient (Wildman–Crippen LogP) is 2.93. The Kier molecular flexibility index (Phi) is 4.69. The monoisotopic (exact) mass is 228 g/mol. The van der Waals surface area contributed by atoms with Crippen molar-refractivity contribution in [1.29, 1.82) is 0 Å². The third-order valence-electron chi connectivity index (χ3n) is 2.15. The first-order valence-electron chi connectivity index (χ1n) is 5.32. The van der Waals surface area contributed by atoms with Crippen molar-refractivity contribution in [1.82, 2.24) is 9.88 Å². The molecule has 0 aliphatic carbocycles. The Morgan fingerprint density at radius 3 is 2.40 bits per heavy atom. The van der Waals surface area contributed by atoms with Gasteiger partial charge in [0.15, 0.2) is 0 Å². The van der Waals surface area contributed by atoms with Crippen LogP contribution in [0, 0.1) is 0 Å². The summed E-state index contributed by atoms with van der Waals surface area (Å²) in [5.74, 6) is 0.0330. The molecule has 0 spiro atoms. The van der Waals surface area contributed by atoms with Gasteiger partial charge in [-0.25, -0.2) is 0 Å². The fraction of sp³-hybridized carbons (Fsp3) is 0.545. The number of hydrogen-bond donors (Lipinski definition) is 1. The van der Waals surface area contributed by atoms with Gasteiger partial charge in [0, 0.05) is 19.3 Å². The summed E-state index contributed by atoms with van der Waals surface area (Å²) in [5, 5.41) is 0.575. The third kappa shape index (κ3) is 3.27. The van der Waals surface area contributed by atoms with Gasteiger partial charge in [-0.15, -0.1) is 0 Å². The molecule has 0 atom stereocenters. The lowest BCUT2D eigenvalue weighted by Gasteiger charge is -2.20. The van der Waals surface area contributed by atoms with Crippen molar-refractivity contribution in [3.63, 3.8) is 0 Å². The van der Waals surface area contributed by atoms with Crippen LogP contribution in [-0.4, -0.2) is 28.9 Å². The normalized spacial score (nSPS) is 10.3. The second-order valence-electron chi connectivity index (χ2n) is 3.52. The van der Waals surface area contributed by atoms with Gasteiger partial charge < -0.3 is 9.88 Å². The summed E-state index contributed by atoms with van der Waals surface area (Å²) in [6.45, 7) is 5.72. The van der Waals surface area contributed by atoms with Gasteiger partial charge in [-0.1, -0.05) is 25.4 Å². The molecular weight excluding hydrogens is 212 g/mol. The first kappa shape index (κ1) is 12.1. The summed E-state index contributed by atoms with van der Waals surface area (Å²) < 4.78 is 0.